The van der Waals surface area contributed by atoms with E-state index in [1.807, 2.05) is 0 Å². The fourth-order valence-electron chi connectivity index (χ4n) is 1.69. The largest absolute Gasteiger partial charge is 0.494 e. The van der Waals surface area contributed by atoms with Crippen molar-refractivity contribution in [3.8, 4) is 5.75 Å². The van der Waals surface area contributed by atoms with Gasteiger partial charge in [0.1, 0.15) is 11.6 Å². The van der Waals surface area contributed by atoms with E-state index in [4.69, 9.17) is 4.74 Å². The summed E-state index contributed by atoms with van der Waals surface area (Å²) in [6.07, 6.45) is 4.68. The van der Waals surface area contributed by atoms with E-state index in [1.165, 1.54) is 31.4 Å². The van der Waals surface area contributed by atoms with Gasteiger partial charge in [-0.25, -0.2) is 4.39 Å². The molecule has 1 aromatic rings. The van der Waals surface area contributed by atoms with Crippen LogP contribution in [-0.4, -0.2) is 19.2 Å². The lowest BCUT2D eigenvalue weighted by atomic mass is 10.2. The van der Waals surface area contributed by atoms with Crippen molar-refractivity contribution >= 4 is 0 Å². The first-order chi connectivity index (χ1) is 8.68. The van der Waals surface area contributed by atoms with E-state index in [-0.39, 0.29) is 5.82 Å². The highest BCUT2D eigenvalue weighted by Gasteiger charge is 1.96. The number of halogens is 1. The van der Waals surface area contributed by atoms with Gasteiger partial charge in [-0.3, -0.25) is 0 Å². The molecule has 0 amide bonds. The molecule has 0 spiro atoms. The lowest BCUT2D eigenvalue weighted by molar-refractivity contribution is 0.304. The highest BCUT2D eigenvalue weighted by atomic mass is 19.1. The third-order valence-electron chi connectivity index (χ3n) is 2.71. The molecular formula is C15H24FNO. The number of rotatable bonds is 9. The average molecular weight is 253 g/mol. The van der Waals surface area contributed by atoms with Crippen LogP contribution in [0.15, 0.2) is 24.3 Å². The van der Waals surface area contributed by atoms with Crippen molar-refractivity contribution in [3.05, 3.63) is 30.1 Å². The van der Waals surface area contributed by atoms with Crippen LogP contribution < -0.4 is 10.1 Å². The number of hydrogen-bond acceptors (Lipinski definition) is 2. The normalized spacial score (nSPS) is 10.9. The number of nitrogens with one attached hydrogen (secondary N) is 1. The molecule has 0 aliphatic rings. The van der Waals surface area contributed by atoms with Gasteiger partial charge in [0.2, 0.25) is 0 Å². The molecule has 3 heteroatoms. The van der Waals surface area contributed by atoms with Crippen molar-refractivity contribution in [2.75, 3.05) is 13.2 Å². The lowest BCUT2D eigenvalue weighted by Gasteiger charge is -2.08. The summed E-state index contributed by atoms with van der Waals surface area (Å²) in [5, 5.41) is 3.40. The second-order valence-corrected chi connectivity index (χ2v) is 4.83. The quantitative estimate of drug-likeness (QED) is 0.676. The van der Waals surface area contributed by atoms with Crippen LogP contribution >= 0.6 is 0 Å². The standard InChI is InChI=1S/C15H24FNO/c1-13(2)17-11-5-3-4-6-12-18-15-9-7-14(16)8-10-15/h7-10,13,17H,3-6,11-12H2,1-2H3. The van der Waals surface area contributed by atoms with Crippen LogP contribution in [0.1, 0.15) is 39.5 Å². The summed E-state index contributed by atoms with van der Waals surface area (Å²) in [4.78, 5) is 0. The van der Waals surface area contributed by atoms with Crippen molar-refractivity contribution in [1.29, 1.82) is 0 Å². The Morgan fingerprint density at radius 1 is 1.06 bits per heavy atom. The van der Waals surface area contributed by atoms with Gasteiger partial charge in [0.25, 0.3) is 0 Å². The van der Waals surface area contributed by atoms with E-state index in [9.17, 15) is 4.39 Å². The minimum absolute atomic E-state index is 0.222. The first-order valence-corrected chi connectivity index (χ1v) is 6.80. The summed E-state index contributed by atoms with van der Waals surface area (Å²) in [5.41, 5.74) is 0. The van der Waals surface area contributed by atoms with Gasteiger partial charge >= 0.3 is 0 Å². The Kier molecular flexibility index (Phi) is 7.42. The Morgan fingerprint density at radius 2 is 1.72 bits per heavy atom. The summed E-state index contributed by atoms with van der Waals surface area (Å²) < 4.78 is 18.2. The van der Waals surface area contributed by atoms with Gasteiger partial charge in [0.05, 0.1) is 6.61 Å². The third kappa shape index (κ3) is 7.28. The summed E-state index contributed by atoms with van der Waals surface area (Å²) in [7, 11) is 0. The Balaban J connectivity index is 1.94. The molecule has 0 unspecified atom stereocenters. The van der Waals surface area contributed by atoms with Crippen LogP contribution in [0.2, 0.25) is 0 Å². The first-order valence-electron chi connectivity index (χ1n) is 6.80. The van der Waals surface area contributed by atoms with Crippen molar-refractivity contribution in [3.63, 3.8) is 0 Å². The molecule has 18 heavy (non-hydrogen) atoms. The highest BCUT2D eigenvalue weighted by molar-refractivity contribution is 5.21. The van der Waals surface area contributed by atoms with Crippen LogP contribution in [0.5, 0.6) is 5.75 Å². The smallest absolute Gasteiger partial charge is 0.123 e. The van der Waals surface area contributed by atoms with Crippen LogP contribution in [0, 0.1) is 5.82 Å². The maximum atomic E-state index is 12.6. The van der Waals surface area contributed by atoms with Crippen molar-refractivity contribution in [2.45, 2.75) is 45.6 Å². The fraction of sp³-hybridized carbons (Fsp3) is 0.600. The van der Waals surface area contributed by atoms with Crippen LogP contribution in [-0.2, 0) is 0 Å². The molecule has 0 radical (unpaired) electrons. The summed E-state index contributed by atoms with van der Waals surface area (Å²) in [6.45, 7) is 6.13. The van der Waals surface area contributed by atoms with Gasteiger partial charge in [-0.05, 0) is 43.7 Å². The monoisotopic (exact) mass is 253 g/mol. The van der Waals surface area contributed by atoms with Gasteiger partial charge in [-0.1, -0.05) is 26.7 Å². The molecule has 0 aliphatic carbocycles. The van der Waals surface area contributed by atoms with Crippen LogP contribution in [0.3, 0.4) is 0 Å². The molecule has 0 aliphatic heterocycles. The van der Waals surface area contributed by atoms with Gasteiger partial charge in [0, 0.05) is 6.04 Å². The van der Waals surface area contributed by atoms with Gasteiger partial charge in [-0.15, -0.1) is 0 Å². The van der Waals surface area contributed by atoms with Crippen molar-refractivity contribution in [1.82, 2.24) is 5.32 Å². The zero-order valence-electron chi connectivity index (χ0n) is 11.4. The Bertz CT molecular complexity index is 311. The molecule has 2 nitrogen and oxygen atoms in total. The molecule has 0 bridgehead atoms. The SMILES string of the molecule is CC(C)NCCCCCCOc1ccc(F)cc1. The van der Waals surface area contributed by atoms with Crippen LogP contribution in [0.4, 0.5) is 4.39 Å². The first kappa shape index (κ1) is 15.0. The molecule has 0 aromatic heterocycles. The molecule has 0 fully saturated rings. The van der Waals surface area contributed by atoms with Gasteiger partial charge < -0.3 is 10.1 Å². The van der Waals surface area contributed by atoms with E-state index in [0.717, 1.165) is 18.7 Å². The van der Waals surface area contributed by atoms with Crippen LogP contribution in [0.25, 0.3) is 0 Å². The molecule has 0 atom stereocenters. The third-order valence-corrected chi connectivity index (χ3v) is 2.71. The fourth-order valence-corrected chi connectivity index (χ4v) is 1.69. The van der Waals surface area contributed by atoms with E-state index in [0.29, 0.717) is 12.6 Å². The zero-order valence-corrected chi connectivity index (χ0v) is 11.4. The Labute approximate surface area is 110 Å². The molecule has 0 saturated carbocycles. The maximum Gasteiger partial charge on any atom is 0.123 e. The molecule has 1 aromatic carbocycles. The minimum Gasteiger partial charge on any atom is -0.494 e. The van der Waals surface area contributed by atoms with E-state index in [1.54, 1.807) is 12.1 Å². The van der Waals surface area contributed by atoms with E-state index in [2.05, 4.69) is 19.2 Å². The molecular weight excluding hydrogens is 229 g/mol. The number of unbranched alkanes of at least 4 members (excludes halogenated alkanes) is 3. The Hall–Kier alpha value is -1.09. The summed E-state index contributed by atoms with van der Waals surface area (Å²) in [5.74, 6) is 0.526. The zero-order chi connectivity index (χ0) is 13.2. The lowest BCUT2D eigenvalue weighted by Crippen LogP contribution is -2.23. The molecule has 0 saturated heterocycles. The second kappa shape index (κ2) is 8.92. The van der Waals surface area contributed by atoms with Gasteiger partial charge in [-0.2, -0.15) is 0 Å². The minimum atomic E-state index is -0.222. The molecule has 0 heterocycles. The molecule has 102 valence electrons. The number of ether oxygens (including phenoxy) is 1. The predicted octanol–water partition coefficient (Wildman–Crippen LogP) is 3.76. The average Bonchev–Trinajstić information content (AvgIpc) is 2.34. The summed E-state index contributed by atoms with van der Waals surface area (Å²) in [6, 6.07) is 6.76. The Morgan fingerprint density at radius 3 is 2.39 bits per heavy atom. The molecule has 1 N–H and O–H groups in total. The van der Waals surface area contributed by atoms with Crippen molar-refractivity contribution in [2.24, 2.45) is 0 Å². The number of benzene rings is 1. The van der Waals surface area contributed by atoms with E-state index >= 15 is 0 Å². The maximum absolute atomic E-state index is 12.6. The predicted molar refractivity (Wildman–Crippen MR) is 73.5 cm³/mol. The van der Waals surface area contributed by atoms with Crippen molar-refractivity contribution < 1.29 is 9.13 Å². The molecule has 1 rings (SSSR count). The van der Waals surface area contributed by atoms with E-state index < -0.39 is 0 Å². The highest BCUT2D eigenvalue weighted by Crippen LogP contribution is 2.11. The summed E-state index contributed by atoms with van der Waals surface area (Å²) >= 11 is 0. The topological polar surface area (TPSA) is 21.3 Å². The second-order valence-electron chi connectivity index (χ2n) is 4.83. The van der Waals surface area contributed by atoms with Gasteiger partial charge in [0.15, 0.2) is 0 Å². The number of hydrogen-bond donors (Lipinski definition) is 1.